The quantitative estimate of drug-likeness (QED) is 0.713. The van der Waals surface area contributed by atoms with Crippen molar-refractivity contribution in [2.75, 3.05) is 12.9 Å². The molecular weight excluding hydrogens is 232 g/mol. The molecule has 0 spiro atoms. The number of ether oxygens (including phenoxy) is 1. The van der Waals surface area contributed by atoms with Crippen LogP contribution in [0.5, 0.6) is 5.75 Å². The third kappa shape index (κ3) is 2.23. The van der Waals surface area contributed by atoms with Crippen LogP contribution in [0.2, 0.25) is 0 Å². The van der Waals surface area contributed by atoms with Gasteiger partial charge in [0.1, 0.15) is 12.4 Å². The Balaban J connectivity index is 2.41. The molecule has 0 saturated heterocycles. The van der Waals surface area contributed by atoms with Gasteiger partial charge in [0.25, 0.3) is 10.1 Å². The van der Waals surface area contributed by atoms with Crippen molar-refractivity contribution in [3.63, 3.8) is 0 Å². The second-order valence-corrected chi connectivity index (χ2v) is 5.07. The van der Waals surface area contributed by atoms with Crippen molar-refractivity contribution in [3.8, 4) is 5.75 Å². The molecule has 16 heavy (non-hydrogen) atoms. The zero-order valence-electron chi connectivity index (χ0n) is 8.54. The van der Waals surface area contributed by atoms with Crippen LogP contribution < -0.4 is 4.74 Å². The van der Waals surface area contributed by atoms with Crippen LogP contribution in [0.4, 0.5) is 0 Å². The molecule has 1 aromatic carbocycles. The van der Waals surface area contributed by atoms with Crippen molar-refractivity contribution in [2.24, 2.45) is 0 Å². The third-order valence-corrected chi connectivity index (χ3v) is 2.68. The average Bonchev–Trinajstić information content (AvgIpc) is 2.21. The third-order valence-electron chi connectivity index (χ3n) is 2.13. The molecule has 0 radical (unpaired) electrons. The molecular formula is C10H10O5S. The molecule has 1 aliphatic rings. The van der Waals surface area contributed by atoms with Crippen molar-refractivity contribution in [1.82, 2.24) is 0 Å². The maximum atomic E-state index is 11.5. The fourth-order valence-electron chi connectivity index (χ4n) is 1.51. The summed E-state index contributed by atoms with van der Waals surface area (Å²) in [6.07, 6.45) is -0.168. The summed E-state index contributed by atoms with van der Waals surface area (Å²) in [5, 5.41) is 0. The molecule has 1 aromatic rings. The van der Waals surface area contributed by atoms with E-state index in [0.717, 1.165) is 6.26 Å². The molecule has 0 aliphatic carbocycles. The van der Waals surface area contributed by atoms with E-state index in [-0.39, 0.29) is 6.61 Å². The zero-order chi connectivity index (χ0) is 11.8. The van der Waals surface area contributed by atoms with Gasteiger partial charge in [0.2, 0.25) is 5.78 Å². The highest BCUT2D eigenvalue weighted by Gasteiger charge is 2.32. The second kappa shape index (κ2) is 3.88. The Morgan fingerprint density at radius 2 is 2.06 bits per heavy atom. The van der Waals surface area contributed by atoms with Crippen LogP contribution in [-0.2, 0) is 19.1 Å². The van der Waals surface area contributed by atoms with Crippen molar-refractivity contribution in [2.45, 2.75) is 6.10 Å². The maximum absolute atomic E-state index is 11.5. The van der Waals surface area contributed by atoms with Gasteiger partial charge in [0.15, 0.2) is 6.10 Å². The van der Waals surface area contributed by atoms with Crippen molar-refractivity contribution < 1.29 is 22.1 Å². The molecule has 0 bridgehead atoms. The summed E-state index contributed by atoms with van der Waals surface area (Å²) >= 11 is 0. The van der Waals surface area contributed by atoms with Crippen molar-refractivity contribution in [1.29, 1.82) is 0 Å². The minimum Gasteiger partial charge on any atom is -0.485 e. The Morgan fingerprint density at radius 3 is 2.75 bits per heavy atom. The summed E-state index contributed by atoms with van der Waals surface area (Å²) in [7, 11) is -3.68. The first-order chi connectivity index (χ1) is 7.47. The number of ketones is 1. The van der Waals surface area contributed by atoms with E-state index in [2.05, 4.69) is 0 Å². The van der Waals surface area contributed by atoms with Gasteiger partial charge in [0.05, 0.1) is 6.26 Å². The molecule has 0 saturated carbocycles. The second-order valence-electron chi connectivity index (χ2n) is 3.47. The SMILES string of the molecule is CS(=O)(=O)OC1C(=O)COc2ccccc21. The summed E-state index contributed by atoms with van der Waals surface area (Å²) in [6, 6.07) is 6.72. The Hall–Kier alpha value is -1.40. The highest BCUT2D eigenvalue weighted by molar-refractivity contribution is 7.86. The number of hydrogen-bond acceptors (Lipinski definition) is 5. The van der Waals surface area contributed by atoms with Crippen molar-refractivity contribution >= 4 is 15.9 Å². The molecule has 1 atom stereocenters. The topological polar surface area (TPSA) is 69.7 Å². The minimum absolute atomic E-state index is 0.169. The summed E-state index contributed by atoms with van der Waals surface area (Å²) in [5.74, 6) is 0.0832. The fraction of sp³-hybridized carbons (Fsp3) is 0.300. The number of carbonyl (C=O) groups is 1. The first-order valence-electron chi connectivity index (χ1n) is 4.60. The number of rotatable bonds is 2. The molecule has 2 rings (SSSR count). The van der Waals surface area contributed by atoms with Crippen LogP contribution in [-0.4, -0.2) is 27.1 Å². The predicted molar refractivity (Wildman–Crippen MR) is 55.6 cm³/mol. The van der Waals surface area contributed by atoms with Gasteiger partial charge in [-0.15, -0.1) is 0 Å². The fourth-order valence-corrected chi connectivity index (χ4v) is 2.07. The van der Waals surface area contributed by atoms with E-state index in [1.54, 1.807) is 24.3 Å². The maximum Gasteiger partial charge on any atom is 0.265 e. The molecule has 1 unspecified atom stereocenters. The molecule has 0 aromatic heterocycles. The first-order valence-corrected chi connectivity index (χ1v) is 6.42. The van der Waals surface area contributed by atoms with Crippen LogP contribution in [0, 0.1) is 0 Å². The van der Waals surface area contributed by atoms with Gasteiger partial charge in [-0.1, -0.05) is 18.2 Å². The van der Waals surface area contributed by atoms with E-state index < -0.39 is 22.0 Å². The van der Waals surface area contributed by atoms with Crippen LogP contribution >= 0.6 is 0 Å². The lowest BCUT2D eigenvalue weighted by Gasteiger charge is -2.23. The number of para-hydroxylation sites is 1. The van der Waals surface area contributed by atoms with E-state index in [4.69, 9.17) is 8.92 Å². The lowest BCUT2D eigenvalue weighted by atomic mass is 10.0. The van der Waals surface area contributed by atoms with Gasteiger partial charge in [-0.25, -0.2) is 0 Å². The van der Waals surface area contributed by atoms with Crippen molar-refractivity contribution in [3.05, 3.63) is 29.8 Å². The Kier molecular flexibility index (Phi) is 2.69. The molecule has 86 valence electrons. The molecule has 5 nitrogen and oxygen atoms in total. The molecule has 1 heterocycles. The standard InChI is InChI=1S/C10H10O5S/c1-16(12,13)15-10-7-4-2-3-5-9(7)14-6-8(10)11/h2-5,10H,6H2,1H3. The lowest BCUT2D eigenvalue weighted by Crippen LogP contribution is -2.29. The van der Waals surface area contributed by atoms with Gasteiger partial charge >= 0.3 is 0 Å². The van der Waals surface area contributed by atoms with Crippen LogP contribution in [0.25, 0.3) is 0 Å². The van der Waals surface area contributed by atoms with Crippen LogP contribution in [0.1, 0.15) is 11.7 Å². The Morgan fingerprint density at radius 1 is 1.38 bits per heavy atom. The highest BCUT2D eigenvalue weighted by atomic mass is 32.2. The minimum atomic E-state index is -3.68. The highest BCUT2D eigenvalue weighted by Crippen LogP contribution is 2.32. The monoisotopic (exact) mass is 242 g/mol. The summed E-state index contributed by atoms with van der Waals surface area (Å²) in [5.41, 5.74) is 0.448. The molecule has 0 amide bonds. The average molecular weight is 242 g/mol. The number of hydrogen-bond donors (Lipinski definition) is 0. The van der Waals surface area contributed by atoms with Gasteiger partial charge < -0.3 is 4.74 Å². The van der Waals surface area contributed by atoms with Gasteiger partial charge in [-0.3, -0.25) is 8.98 Å². The largest absolute Gasteiger partial charge is 0.485 e. The van der Waals surface area contributed by atoms with Gasteiger partial charge in [-0.2, -0.15) is 8.42 Å². The Labute approximate surface area is 93.1 Å². The number of Topliss-reactive ketones (excluding diaryl/α,β-unsaturated/α-hetero) is 1. The molecule has 0 N–H and O–H groups in total. The lowest BCUT2D eigenvalue weighted by molar-refractivity contribution is -0.129. The van der Waals surface area contributed by atoms with E-state index in [9.17, 15) is 13.2 Å². The summed E-state index contributed by atoms with van der Waals surface area (Å²) in [6.45, 7) is -0.169. The zero-order valence-corrected chi connectivity index (χ0v) is 9.36. The molecule has 0 fully saturated rings. The number of benzene rings is 1. The van der Waals surface area contributed by atoms with E-state index >= 15 is 0 Å². The number of fused-ring (bicyclic) bond motifs is 1. The van der Waals surface area contributed by atoms with Gasteiger partial charge in [0, 0.05) is 5.56 Å². The van der Waals surface area contributed by atoms with Crippen LogP contribution in [0.15, 0.2) is 24.3 Å². The van der Waals surface area contributed by atoms with Crippen LogP contribution in [0.3, 0.4) is 0 Å². The molecule has 6 heteroatoms. The smallest absolute Gasteiger partial charge is 0.265 e. The summed E-state index contributed by atoms with van der Waals surface area (Å²) in [4.78, 5) is 11.5. The number of carbonyl (C=O) groups excluding carboxylic acids is 1. The normalized spacial score (nSPS) is 20.1. The van der Waals surface area contributed by atoms with Gasteiger partial charge in [-0.05, 0) is 6.07 Å². The predicted octanol–water partition coefficient (Wildman–Crippen LogP) is 0.665. The first kappa shape index (κ1) is 11.1. The Bertz CT molecular complexity index is 520. The van der Waals surface area contributed by atoms with E-state index in [0.29, 0.717) is 11.3 Å². The van der Waals surface area contributed by atoms with E-state index in [1.807, 2.05) is 0 Å². The summed E-state index contributed by atoms with van der Waals surface area (Å²) < 4.78 is 32.0. The van der Waals surface area contributed by atoms with E-state index in [1.165, 1.54) is 0 Å². The molecule has 1 aliphatic heterocycles.